The van der Waals surface area contributed by atoms with E-state index in [1.165, 1.54) is 0 Å². The molecular weight excluding hydrogens is 254 g/mol. The number of carbonyl (C=O) groups is 2. The van der Waals surface area contributed by atoms with Crippen molar-refractivity contribution in [2.75, 3.05) is 19.6 Å². The second-order valence-electron chi connectivity index (χ2n) is 6.31. The van der Waals surface area contributed by atoms with Crippen LogP contribution in [0.3, 0.4) is 0 Å². The minimum Gasteiger partial charge on any atom is -0.353 e. The molecule has 2 N–H and O–H groups in total. The van der Waals surface area contributed by atoms with Gasteiger partial charge >= 0.3 is 0 Å². The predicted molar refractivity (Wildman–Crippen MR) is 78.2 cm³/mol. The highest BCUT2D eigenvalue weighted by molar-refractivity contribution is 5.78. The van der Waals surface area contributed by atoms with E-state index >= 15 is 0 Å². The number of piperidine rings is 2. The summed E-state index contributed by atoms with van der Waals surface area (Å²) in [6, 6.07) is 0.773. The molecule has 5 heteroatoms. The predicted octanol–water partition coefficient (Wildman–Crippen LogP) is 0.892. The van der Waals surface area contributed by atoms with Crippen LogP contribution in [0.15, 0.2) is 0 Å². The van der Waals surface area contributed by atoms with Crippen molar-refractivity contribution in [1.29, 1.82) is 0 Å². The van der Waals surface area contributed by atoms with Gasteiger partial charge in [-0.05, 0) is 31.7 Å². The van der Waals surface area contributed by atoms with Gasteiger partial charge in [-0.3, -0.25) is 9.59 Å². The molecule has 0 bridgehead atoms. The molecular formula is C15H27N3O2. The van der Waals surface area contributed by atoms with Crippen LogP contribution in [-0.4, -0.2) is 48.4 Å². The summed E-state index contributed by atoms with van der Waals surface area (Å²) in [5.74, 6) is 0.899. The maximum absolute atomic E-state index is 12.2. The lowest BCUT2D eigenvalue weighted by molar-refractivity contribution is -0.134. The minimum atomic E-state index is 0.172. The van der Waals surface area contributed by atoms with Crippen molar-refractivity contribution in [2.24, 2.45) is 5.92 Å². The number of amides is 2. The van der Waals surface area contributed by atoms with E-state index < -0.39 is 0 Å². The number of hydrogen-bond acceptors (Lipinski definition) is 3. The van der Waals surface area contributed by atoms with Crippen LogP contribution in [0.1, 0.15) is 46.0 Å². The SMILES string of the molecule is CC(C)NCCCC(=O)N1CCC2NC(=O)CCC2C1. The largest absolute Gasteiger partial charge is 0.353 e. The fourth-order valence-corrected chi connectivity index (χ4v) is 3.13. The molecule has 0 saturated carbocycles. The zero-order valence-corrected chi connectivity index (χ0v) is 12.7. The van der Waals surface area contributed by atoms with E-state index in [2.05, 4.69) is 24.5 Å². The molecule has 2 fully saturated rings. The fraction of sp³-hybridized carbons (Fsp3) is 0.867. The van der Waals surface area contributed by atoms with Gasteiger partial charge in [-0.25, -0.2) is 0 Å². The first kappa shape index (κ1) is 15.3. The number of nitrogens with one attached hydrogen (secondary N) is 2. The zero-order chi connectivity index (χ0) is 14.5. The average Bonchev–Trinajstić information content (AvgIpc) is 2.42. The summed E-state index contributed by atoms with van der Waals surface area (Å²) in [6.45, 7) is 6.74. The van der Waals surface area contributed by atoms with Crippen LogP contribution in [-0.2, 0) is 9.59 Å². The number of carbonyl (C=O) groups excluding carboxylic acids is 2. The quantitative estimate of drug-likeness (QED) is 0.736. The average molecular weight is 281 g/mol. The molecule has 0 aromatic heterocycles. The Morgan fingerprint density at radius 2 is 2.25 bits per heavy atom. The van der Waals surface area contributed by atoms with E-state index in [0.717, 1.165) is 38.9 Å². The van der Waals surface area contributed by atoms with Crippen molar-refractivity contribution < 1.29 is 9.59 Å². The molecule has 2 aliphatic rings. The zero-order valence-electron chi connectivity index (χ0n) is 12.7. The van der Waals surface area contributed by atoms with E-state index in [9.17, 15) is 9.59 Å². The topological polar surface area (TPSA) is 61.4 Å². The monoisotopic (exact) mass is 281 g/mol. The normalized spacial score (nSPS) is 26.4. The van der Waals surface area contributed by atoms with Gasteiger partial charge in [-0.2, -0.15) is 0 Å². The Morgan fingerprint density at radius 3 is 3.00 bits per heavy atom. The molecule has 20 heavy (non-hydrogen) atoms. The van der Waals surface area contributed by atoms with E-state index in [4.69, 9.17) is 0 Å². The van der Waals surface area contributed by atoms with Crippen molar-refractivity contribution in [2.45, 2.75) is 58.0 Å². The van der Waals surface area contributed by atoms with Crippen molar-refractivity contribution in [1.82, 2.24) is 15.5 Å². The van der Waals surface area contributed by atoms with Gasteiger partial charge in [0, 0.05) is 38.0 Å². The number of rotatable bonds is 5. The summed E-state index contributed by atoms with van der Waals surface area (Å²) in [5.41, 5.74) is 0. The van der Waals surface area contributed by atoms with Gasteiger partial charge in [-0.1, -0.05) is 13.8 Å². The maximum atomic E-state index is 12.2. The number of likely N-dealkylation sites (tertiary alicyclic amines) is 1. The van der Waals surface area contributed by atoms with Crippen molar-refractivity contribution in [3.8, 4) is 0 Å². The van der Waals surface area contributed by atoms with Gasteiger partial charge in [-0.15, -0.1) is 0 Å². The molecule has 2 heterocycles. The standard InChI is InChI=1S/C15H27N3O2/c1-11(2)16-8-3-4-15(20)18-9-7-13-12(10-18)5-6-14(19)17-13/h11-13,16H,3-10H2,1-2H3,(H,17,19). The van der Waals surface area contributed by atoms with Gasteiger partial charge in [0.2, 0.25) is 11.8 Å². The number of hydrogen-bond donors (Lipinski definition) is 2. The van der Waals surface area contributed by atoms with E-state index in [1.54, 1.807) is 0 Å². The van der Waals surface area contributed by atoms with Gasteiger partial charge in [0.05, 0.1) is 0 Å². The highest BCUT2D eigenvalue weighted by Crippen LogP contribution is 2.25. The highest BCUT2D eigenvalue weighted by Gasteiger charge is 2.34. The molecule has 2 saturated heterocycles. The van der Waals surface area contributed by atoms with Gasteiger partial charge in [0.25, 0.3) is 0 Å². The van der Waals surface area contributed by atoms with Crippen LogP contribution in [0.2, 0.25) is 0 Å². The van der Waals surface area contributed by atoms with Crippen molar-refractivity contribution >= 4 is 11.8 Å². The molecule has 0 radical (unpaired) electrons. The lowest BCUT2D eigenvalue weighted by atomic mass is 9.85. The lowest BCUT2D eigenvalue weighted by Crippen LogP contribution is -2.55. The summed E-state index contributed by atoms with van der Waals surface area (Å²) in [4.78, 5) is 25.6. The minimum absolute atomic E-state index is 0.172. The Morgan fingerprint density at radius 1 is 1.45 bits per heavy atom. The molecule has 2 amide bonds. The van der Waals surface area contributed by atoms with Crippen LogP contribution < -0.4 is 10.6 Å². The fourth-order valence-electron chi connectivity index (χ4n) is 3.13. The molecule has 0 aromatic carbocycles. The molecule has 2 atom stereocenters. The third kappa shape index (κ3) is 4.20. The third-order valence-corrected chi connectivity index (χ3v) is 4.30. The Balaban J connectivity index is 1.71. The van der Waals surface area contributed by atoms with Crippen molar-refractivity contribution in [3.05, 3.63) is 0 Å². The first-order valence-electron chi connectivity index (χ1n) is 7.87. The maximum Gasteiger partial charge on any atom is 0.222 e. The van der Waals surface area contributed by atoms with Crippen molar-refractivity contribution in [3.63, 3.8) is 0 Å². The van der Waals surface area contributed by atoms with Gasteiger partial charge < -0.3 is 15.5 Å². The summed E-state index contributed by atoms with van der Waals surface area (Å²) in [6.07, 6.45) is 3.98. The molecule has 2 unspecified atom stereocenters. The summed E-state index contributed by atoms with van der Waals surface area (Å²) >= 11 is 0. The first-order chi connectivity index (χ1) is 9.56. The molecule has 0 aliphatic carbocycles. The van der Waals surface area contributed by atoms with Gasteiger partial charge in [0.1, 0.15) is 0 Å². The van der Waals surface area contributed by atoms with Crippen LogP contribution >= 0.6 is 0 Å². The number of nitrogens with zero attached hydrogens (tertiary/aromatic N) is 1. The number of fused-ring (bicyclic) bond motifs is 1. The Kier molecular flexibility index (Phi) is 5.40. The van der Waals surface area contributed by atoms with Crippen LogP contribution in [0.25, 0.3) is 0 Å². The second-order valence-corrected chi connectivity index (χ2v) is 6.31. The van der Waals surface area contributed by atoms with E-state index in [0.29, 0.717) is 30.8 Å². The van der Waals surface area contributed by atoms with Crippen LogP contribution in [0, 0.1) is 5.92 Å². The molecule has 5 nitrogen and oxygen atoms in total. The Hall–Kier alpha value is -1.10. The second kappa shape index (κ2) is 7.07. The Labute approximate surface area is 121 Å². The molecule has 114 valence electrons. The van der Waals surface area contributed by atoms with Gasteiger partial charge in [0.15, 0.2) is 0 Å². The van der Waals surface area contributed by atoms with E-state index in [1.807, 2.05) is 4.90 Å². The first-order valence-corrected chi connectivity index (χ1v) is 7.87. The highest BCUT2D eigenvalue weighted by atomic mass is 16.2. The molecule has 0 aromatic rings. The molecule has 2 aliphatic heterocycles. The molecule has 2 rings (SSSR count). The smallest absolute Gasteiger partial charge is 0.222 e. The molecule has 0 spiro atoms. The Bertz CT molecular complexity index is 357. The van der Waals surface area contributed by atoms with Crippen LogP contribution in [0.4, 0.5) is 0 Å². The summed E-state index contributed by atoms with van der Waals surface area (Å²) in [7, 11) is 0. The summed E-state index contributed by atoms with van der Waals surface area (Å²) < 4.78 is 0. The third-order valence-electron chi connectivity index (χ3n) is 4.30. The van der Waals surface area contributed by atoms with E-state index in [-0.39, 0.29) is 11.8 Å². The summed E-state index contributed by atoms with van der Waals surface area (Å²) in [5, 5.41) is 6.39. The lowest BCUT2D eigenvalue weighted by Gasteiger charge is -2.41. The van der Waals surface area contributed by atoms with Crippen LogP contribution in [0.5, 0.6) is 0 Å².